The number of carbonyl (C=O) groups is 1. The molecule has 0 bridgehead atoms. The molecule has 10 heteroatoms. The van der Waals surface area contributed by atoms with Crippen LogP contribution in [0.15, 0.2) is 77.0 Å². The van der Waals surface area contributed by atoms with Crippen molar-refractivity contribution < 1.29 is 23.9 Å². The number of aliphatic hydroxyl groups is 1. The Kier molecular flexibility index (Phi) is 6.27. The first kappa shape index (κ1) is 23.1. The molecule has 2 aromatic carbocycles. The number of hydroxylamine groups is 2. The van der Waals surface area contributed by atoms with Crippen LogP contribution in [0.5, 0.6) is 0 Å². The highest BCUT2D eigenvalue weighted by Crippen LogP contribution is 2.38. The van der Waals surface area contributed by atoms with Crippen LogP contribution in [0.1, 0.15) is 21.7 Å². The number of carbonyl (C=O) groups excluding carboxylic acids is 1. The number of nitrogens with zero attached hydrogens (tertiary/aromatic N) is 3. The lowest BCUT2D eigenvalue weighted by molar-refractivity contribution is -0.752. The van der Waals surface area contributed by atoms with Crippen molar-refractivity contribution in [3.05, 3.63) is 106 Å². The fraction of sp³-hybridized carbons (Fsp3) is 0.240. The monoisotopic (exact) mass is 479 g/mol. The molecular weight excluding hydrogens is 455 g/mol. The van der Waals surface area contributed by atoms with Crippen LogP contribution in [-0.4, -0.2) is 53.2 Å². The van der Waals surface area contributed by atoms with Crippen LogP contribution in [0, 0.1) is 16.2 Å². The molecule has 35 heavy (non-hydrogen) atoms. The van der Waals surface area contributed by atoms with Crippen LogP contribution in [0.4, 0.5) is 10.1 Å². The summed E-state index contributed by atoms with van der Waals surface area (Å²) in [6, 6.07) is 16.3. The topological polar surface area (TPSA) is 111 Å². The van der Waals surface area contributed by atoms with Gasteiger partial charge >= 0.3 is 0 Å². The standard InChI is InChI=1S/C25H24FN4O5/c26-18-9-7-17(8-10-18)16-29-20-5-2-1-4-19(20)22(23(25(29)32)30(33)34)27-11-13-28(14-12-27)24(31)21-6-3-15-35-21/h1-10,15,25,30,32H,11-14,16H2/q-1. The predicted octanol–water partition coefficient (Wildman–Crippen LogP) is 1.76. The molecule has 9 nitrogen and oxygen atoms in total. The molecule has 3 heterocycles. The van der Waals surface area contributed by atoms with Gasteiger partial charge in [0, 0.05) is 44.0 Å². The number of rotatable bonds is 5. The molecule has 1 fully saturated rings. The molecular formula is C25H24FN4O5-. The van der Waals surface area contributed by atoms with Crippen molar-refractivity contribution in [1.82, 2.24) is 9.80 Å². The molecule has 1 unspecified atom stereocenters. The van der Waals surface area contributed by atoms with Crippen molar-refractivity contribution in [2.24, 2.45) is 0 Å². The van der Waals surface area contributed by atoms with Crippen molar-refractivity contribution >= 4 is 17.3 Å². The number of quaternary nitrogens is 1. The van der Waals surface area contributed by atoms with E-state index in [1.54, 1.807) is 46.2 Å². The van der Waals surface area contributed by atoms with Crippen molar-refractivity contribution in [2.75, 3.05) is 31.1 Å². The first-order valence-corrected chi connectivity index (χ1v) is 11.3. The lowest BCUT2D eigenvalue weighted by Gasteiger charge is -2.46. The summed E-state index contributed by atoms with van der Waals surface area (Å²) in [5, 5.41) is 34.3. The first-order chi connectivity index (χ1) is 16.9. The highest BCUT2D eigenvalue weighted by atomic mass is 19.1. The number of para-hydroxylation sites is 1. The molecule has 2 N–H and O–H groups in total. The summed E-state index contributed by atoms with van der Waals surface area (Å²) in [6.45, 7) is 1.64. The highest BCUT2D eigenvalue weighted by Gasteiger charge is 2.38. The van der Waals surface area contributed by atoms with Gasteiger partial charge in [-0.3, -0.25) is 4.79 Å². The van der Waals surface area contributed by atoms with E-state index in [0.717, 1.165) is 0 Å². The molecule has 1 saturated heterocycles. The second kappa shape index (κ2) is 9.51. The maximum Gasteiger partial charge on any atom is 0.289 e. The molecule has 1 atom stereocenters. The number of hydrogen-bond donors (Lipinski definition) is 2. The number of nitrogens with one attached hydrogen (secondary N) is 1. The molecule has 1 amide bonds. The third kappa shape index (κ3) is 4.40. The zero-order valence-corrected chi connectivity index (χ0v) is 18.8. The molecule has 182 valence electrons. The fourth-order valence-electron chi connectivity index (χ4n) is 4.67. The van der Waals surface area contributed by atoms with Gasteiger partial charge in [-0.05, 0) is 35.9 Å². The third-order valence-corrected chi connectivity index (χ3v) is 6.38. The molecule has 2 aliphatic heterocycles. The van der Waals surface area contributed by atoms with Crippen LogP contribution in [0.2, 0.25) is 0 Å². The van der Waals surface area contributed by atoms with E-state index in [4.69, 9.17) is 4.42 Å². The van der Waals surface area contributed by atoms with Crippen molar-refractivity contribution in [3.8, 4) is 0 Å². The van der Waals surface area contributed by atoms with Gasteiger partial charge in [-0.2, -0.15) is 0 Å². The second-order valence-corrected chi connectivity index (χ2v) is 8.45. The van der Waals surface area contributed by atoms with E-state index < -0.39 is 11.5 Å². The zero-order valence-electron chi connectivity index (χ0n) is 18.8. The summed E-state index contributed by atoms with van der Waals surface area (Å²) in [5.41, 5.74) is 2.15. The normalized spacial score (nSPS) is 18.3. The summed E-state index contributed by atoms with van der Waals surface area (Å²) in [6.07, 6.45) is -0.0314. The van der Waals surface area contributed by atoms with Crippen LogP contribution >= 0.6 is 0 Å². The number of furan rings is 1. The molecule has 0 spiro atoms. The second-order valence-electron chi connectivity index (χ2n) is 8.45. The molecule has 1 aromatic heterocycles. The Balaban J connectivity index is 1.45. The Hall–Kier alpha value is -3.70. The largest absolute Gasteiger partial charge is 0.628 e. The Morgan fingerprint density at radius 1 is 1.03 bits per heavy atom. The van der Waals surface area contributed by atoms with Gasteiger partial charge in [0.1, 0.15) is 11.5 Å². The number of amides is 1. The fourth-order valence-corrected chi connectivity index (χ4v) is 4.67. The number of fused-ring (bicyclic) bond motifs is 1. The molecule has 0 saturated carbocycles. The van der Waals surface area contributed by atoms with Gasteiger partial charge in [0.2, 0.25) is 6.23 Å². The lowest BCUT2D eigenvalue weighted by Crippen LogP contribution is -3.02. The van der Waals surface area contributed by atoms with Crippen molar-refractivity contribution in [1.29, 1.82) is 0 Å². The quantitative estimate of drug-likeness (QED) is 0.537. The summed E-state index contributed by atoms with van der Waals surface area (Å²) in [5.74, 6) is -0.350. The Labute approximate surface area is 201 Å². The van der Waals surface area contributed by atoms with Crippen LogP contribution < -0.4 is 10.1 Å². The van der Waals surface area contributed by atoms with Crippen LogP contribution in [0.3, 0.4) is 0 Å². The van der Waals surface area contributed by atoms with Crippen LogP contribution in [0.25, 0.3) is 5.70 Å². The minimum absolute atomic E-state index is 0.175. The van der Waals surface area contributed by atoms with Crippen LogP contribution in [-0.2, 0) is 6.54 Å². The van der Waals surface area contributed by atoms with E-state index in [2.05, 4.69) is 0 Å². The van der Waals surface area contributed by atoms with Crippen molar-refractivity contribution in [3.63, 3.8) is 0 Å². The average molecular weight is 479 g/mol. The Bertz CT molecular complexity index is 1220. The lowest BCUT2D eigenvalue weighted by atomic mass is 9.98. The molecule has 3 aromatic rings. The third-order valence-electron chi connectivity index (χ3n) is 6.38. The number of benzene rings is 2. The van der Waals surface area contributed by atoms with E-state index in [0.29, 0.717) is 48.7 Å². The minimum Gasteiger partial charge on any atom is -0.628 e. The van der Waals surface area contributed by atoms with Gasteiger partial charge in [-0.25, -0.2) is 4.39 Å². The van der Waals surface area contributed by atoms with Gasteiger partial charge in [-0.15, -0.1) is 0 Å². The van der Waals surface area contributed by atoms with Gasteiger partial charge in [0.05, 0.1) is 6.26 Å². The van der Waals surface area contributed by atoms with Gasteiger partial charge in [0.15, 0.2) is 11.5 Å². The highest BCUT2D eigenvalue weighted by molar-refractivity contribution is 5.91. The maximum absolute atomic E-state index is 13.4. The molecule has 5 rings (SSSR count). The summed E-state index contributed by atoms with van der Waals surface area (Å²) in [4.78, 5) is 17.7. The van der Waals surface area contributed by atoms with E-state index in [-0.39, 0.29) is 29.7 Å². The SMILES string of the molecule is O=C(c1ccco1)N1CCN(C2=C([NH+]([O-])[O-])C(O)N(Cc3ccc(F)cc3)c3ccccc32)CC1. The number of piperazine rings is 1. The Morgan fingerprint density at radius 2 is 1.74 bits per heavy atom. The smallest absolute Gasteiger partial charge is 0.289 e. The summed E-state index contributed by atoms with van der Waals surface area (Å²) < 4.78 is 18.6. The molecule has 2 aliphatic rings. The minimum atomic E-state index is -1.47. The summed E-state index contributed by atoms with van der Waals surface area (Å²) >= 11 is 0. The van der Waals surface area contributed by atoms with Gasteiger partial charge in [-0.1, -0.05) is 30.3 Å². The zero-order chi connectivity index (χ0) is 24.5. The number of anilines is 1. The molecule has 0 radical (unpaired) electrons. The maximum atomic E-state index is 13.4. The van der Waals surface area contributed by atoms with Gasteiger partial charge < -0.3 is 39.9 Å². The van der Waals surface area contributed by atoms with E-state index in [1.165, 1.54) is 18.4 Å². The number of aliphatic hydroxyl groups excluding tert-OH is 1. The number of halogens is 1. The molecule has 0 aliphatic carbocycles. The predicted molar refractivity (Wildman–Crippen MR) is 126 cm³/mol. The first-order valence-electron chi connectivity index (χ1n) is 11.3. The van der Waals surface area contributed by atoms with E-state index >= 15 is 0 Å². The van der Waals surface area contributed by atoms with E-state index in [1.807, 2.05) is 17.0 Å². The Morgan fingerprint density at radius 3 is 2.40 bits per heavy atom. The summed E-state index contributed by atoms with van der Waals surface area (Å²) in [7, 11) is 0. The van der Waals surface area contributed by atoms with Gasteiger partial charge in [0.25, 0.3) is 5.91 Å². The van der Waals surface area contributed by atoms with E-state index in [9.17, 15) is 24.7 Å². The van der Waals surface area contributed by atoms with Crippen molar-refractivity contribution in [2.45, 2.75) is 12.8 Å². The number of hydrogen-bond acceptors (Lipinski definition) is 7. The average Bonchev–Trinajstić information content (AvgIpc) is 3.41.